The van der Waals surface area contributed by atoms with E-state index in [1.165, 1.54) is 7.11 Å². The third-order valence-corrected chi connectivity index (χ3v) is 6.83. The molecule has 9 nitrogen and oxygen atoms in total. The van der Waals surface area contributed by atoms with Gasteiger partial charge < -0.3 is 24.6 Å². The van der Waals surface area contributed by atoms with Gasteiger partial charge in [0.25, 0.3) is 0 Å². The summed E-state index contributed by atoms with van der Waals surface area (Å²) in [5.74, 6) is -1.72. The molecule has 0 spiro atoms. The molecule has 1 aliphatic carbocycles. The van der Waals surface area contributed by atoms with Gasteiger partial charge >= 0.3 is 11.9 Å². The monoisotopic (exact) mass is 520 g/mol. The molecule has 3 unspecified atom stereocenters. The van der Waals surface area contributed by atoms with Gasteiger partial charge in [0.1, 0.15) is 12.4 Å². The SMILES string of the molecule is CCOC(=O)C1(Cc2ccc(OCc3cc(C)nc4ccccc34)cc2)CC1C(=O)NC(CO)C(=O)OC. The Bertz CT molecular complexity index is 1320. The second-order valence-electron chi connectivity index (χ2n) is 9.45. The first-order chi connectivity index (χ1) is 18.3. The van der Waals surface area contributed by atoms with Gasteiger partial charge in [0, 0.05) is 16.6 Å². The molecule has 38 heavy (non-hydrogen) atoms. The highest BCUT2D eigenvalue weighted by Crippen LogP contribution is 2.56. The van der Waals surface area contributed by atoms with Gasteiger partial charge in [0.15, 0.2) is 6.04 Å². The van der Waals surface area contributed by atoms with E-state index in [2.05, 4.69) is 15.0 Å². The molecule has 4 rings (SSSR count). The van der Waals surface area contributed by atoms with Gasteiger partial charge in [-0.2, -0.15) is 0 Å². The lowest BCUT2D eigenvalue weighted by Gasteiger charge is -2.18. The van der Waals surface area contributed by atoms with Crippen LogP contribution in [0.25, 0.3) is 10.9 Å². The summed E-state index contributed by atoms with van der Waals surface area (Å²) in [6.07, 6.45) is 0.574. The predicted molar refractivity (Wildman–Crippen MR) is 139 cm³/mol. The van der Waals surface area contributed by atoms with Crippen LogP contribution in [0.3, 0.4) is 0 Å². The molecule has 1 aliphatic rings. The number of amides is 1. The number of para-hydroxylation sites is 1. The summed E-state index contributed by atoms with van der Waals surface area (Å²) >= 11 is 0. The van der Waals surface area contributed by atoms with E-state index < -0.39 is 41.8 Å². The van der Waals surface area contributed by atoms with Crippen LogP contribution in [-0.4, -0.2) is 54.3 Å². The Hall–Kier alpha value is -3.98. The molecule has 0 aliphatic heterocycles. The molecule has 2 N–H and O–H groups in total. The third kappa shape index (κ3) is 5.78. The van der Waals surface area contributed by atoms with Crippen LogP contribution in [0.5, 0.6) is 5.75 Å². The summed E-state index contributed by atoms with van der Waals surface area (Å²) in [7, 11) is 1.17. The van der Waals surface area contributed by atoms with E-state index in [4.69, 9.17) is 9.47 Å². The second kappa shape index (κ2) is 11.6. The summed E-state index contributed by atoms with van der Waals surface area (Å²) in [5, 5.41) is 12.9. The molecule has 1 saturated carbocycles. The Morgan fingerprint density at radius 1 is 1.16 bits per heavy atom. The largest absolute Gasteiger partial charge is 0.489 e. The van der Waals surface area contributed by atoms with Gasteiger partial charge in [-0.05, 0) is 56.5 Å². The summed E-state index contributed by atoms with van der Waals surface area (Å²) in [6.45, 7) is 3.63. The van der Waals surface area contributed by atoms with Crippen molar-refractivity contribution in [1.29, 1.82) is 0 Å². The molecular weight excluding hydrogens is 488 g/mol. The van der Waals surface area contributed by atoms with Gasteiger partial charge in [0.2, 0.25) is 5.91 Å². The van der Waals surface area contributed by atoms with E-state index in [9.17, 15) is 19.5 Å². The van der Waals surface area contributed by atoms with Crippen molar-refractivity contribution in [1.82, 2.24) is 10.3 Å². The number of aromatic nitrogens is 1. The molecule has 200 valence electrons. The number of fused-ring (bicyclic) bond motifs is 1. The van der Waals surface area contributed by atoms with Gasteiger partial charge in [0.05, 0.1) is 37.2 Å². The Kier molecular flexibility index (Phi) is 8.26. The number of nitrogens with zero attached hydrogens (tertiary/aromatic N) is 1. The molecule has 1 amide bonds. The molecule has 3 atom stereocenters. The summed E-state index contributed by atoms with van der Waals surface area (Å²) in [5.41, 5.74) is 2.69. The zero-order valence-corrected chi connectivity index (χ0v) is 21.7. The number of pyridine rings is 1. The Morgan fingerprint density at radius 2 is 1.89 bits per heavy atom. The fraction of sp³-hybridized carbons (Fsp3) is 0.379. The molecular formula is C29H32N2O7. The molecule has 1 aromatic heterocycles. The van der Waals surface area contributed by atoms with Crippen LogP contribution in [0.4, 0.5) is 0 Å². The quantitative estimate of drug-likeness (QED) is 0.370. The van der Waals surface area contributed by atoms with Crippen LogP contribution >= 0.6 is 0 Å². The second-order valence-corrected chi connectivity index (χ2v) is 9.45. The van der Waals surface area contributed by atoms with E-state index in [-0.39, 0.29) is 13.0 Å². The third-order valence-electron chi connectivity index (χ3n) is 6.83. The number of esters is 2. The van der Waals surface area contributed by atoms with Crippen molar-refractivity contribution in [2.75, 3.05) is 20.3 Å². The lowest BCUT2D eigenvalue weighted by molar-refractivity contribution is -0.151. The van der Waals surface area contributed by atoms with Crippen molar-refractivity contribution in [2.45, 2.75) is 39.3 Å². The maximum Gasteiger partial charge on any atom is 0.330 e. The van der Waals surface area contributed by atoms with Crippen molar-refractivity contribution >= 4 is 28.7 Å². The molecule has 0 bridgehead atoms. The maximum atomic E-state index is 12.9. The Labute approximate surface area is 221 Å². The number of carbonyl (C=O) groups is 3. The van der Waals surface area contributed by atoms with E-state index in [0.717, 1.165) is 27.7 Å². The van der Waals surface area contributed by atoms with Crippen molar-refractivity contribution in [3.05, 3.63) is 71.4 Å². The number of aliphatic hydroxyl groups excluding tert-OH is 1. The summed E-state index contributed by atoms with van der Waals surface area (Å²) in [4.78, 5) is 42.0. The van der Waals surface area contributed by atoms with Crippen molar-refractivity contribution in [3.63, 3.8) is 0 Å². The first-order valence-electron chi connectivity index (χ1n) is 12.5. The lowest BCUT2D eigenvalue weighted by atomic mass is 9.93. The zero-order chi connectivity index (χ0) is 27.3. The number of benzene rings is 2. The molecule has 3 aromatic rings. The number of methoxy groups -OCH3 is 1. The molecule has 0 saturated heterocycles. The van der Waals surface area contributed by atoms with E-state index in [0.29, 0.717) is 18.8 Å². The lowest BCUT2D eigenvalue weighted by Crippen LogP contribution is -2.45. The topological polar surface area (TPSA) is 124 Å². The van der Waals surface area contributed by atoms with Crippen LogP contribution in [0.1, 0.15) is 30.2 Å². The highest BCUT2D eigenvalue weighted by molar-refractivity contribution is 5.95. The summed E-state index contributed by atoms with van der Waals surface area (Å²) < 4.78 is 15.9. The normalized spacial score (nSPS) is 18.9. The zero-order valence-electron chi connectivity index (χ0n) is 21.7. The molecule has 0 radical (unpaired) electrons. The van der Waals surface area contributed by atoms with Gasteiger partial charge in [-0.25, -0.2) is 4.79 Å². The molecule has 2 aromatic carbocycles. The number of hydrogen-bond donors (Lipinski definition) is 2. The Morgan fingerprint density at radius 3 is 2.58 bits per heavy atom. The number of carbonyl (C=O) groups excluding carboxylic acids is 3. The van der Waals surface area contributed by atoms with Crippen LogP contribution in [0.2, 0.25) is 0 Å². The number of ether oxygens (including phenoxy) is 3. The summed E-state index contributed by atoms with van der Waals surface area (Å²) in [6, 6.07) is 16.2. The highest BCUT2D eigenvalue weighted by Gasteiger charge is 2.64. The number of aryl methyl sites for hydroxylation is 1. The standard InChI is InChI=1S/C29H32N2O7/c1-4-37-28(35)29(15-23(29)26(33)31-25(16-32)27(34)36-3)14-19-9-11-21(12-10-19)38-17-20-13-18(2)30-24-8-6-5-7-22(20)24/h5-13,23,25,32H,4,14-17H2,1-3H3,(H,31,33). The first-order valence-corrected chi connectivity index (χ1v) is 12.5. The van der Waals surface area contributed by atoms with Crippen molar-refractivity contribution in [2.24, 2.45) is 11.3 Å². The fourth-order valence-electron chi connectivity index (χ4n) is 4.75. The minimum absolute atomic E-state index is 0.187. The Balaban J connectivity index is 1.44. The first kappa shape index (κ1) is 27.1. The molecule has 1 heterocycles. The highest BCUT2D eigenvalue weighted by atomic mass is 16.5. The fourth-order valence-corrected chi connectivity index (χ4v) is 4.75. The average Bonchev–Trinajstić information content (AvgIpc) is 3.66. The van der Waals surface area contributed by atoms with Crippen LogP contribution < -0.4 is 10.1 Å². The minimum atomic E-state index is -1.19. The van der Waals surface area contributed by atoms with Crippen LogP contribution in [0.15, 0.2) is 54.6 Å². The number of nitrogens with one attached hydrogen (secondary N) is 1. The molecule has 1 fully saturated rings. The van der Waals surface area contributed by atoms with E-state index in [1.54, 1.807) is 6.92 Å². The van der Waals surface area contributed by atoms with Crippen LogP contribution in [-0.2, 0) is 36.9 Å². The average molecular weight is 521 g/mol. The van der Waals surface area contributed by atoms with Gasteiger partial charge in [-0.3, -0.25) is 14.6 Å². The van der Waals surface area contributed by atoms with Gasteiger partial charge in [-0.1, -0.05) is 30.3 Å². The number of hydrogen-bond acceptors (Lipinski definition) is 8. The van der Waals surface area contributed by atoms with Crippen molar-refractivity contribution in [3.8, 4) is 5.75 Å². The van der Waals surface area contributed by atoms with Crippen LogP contribution in [0, 0.1) is 18.3 Å². The smallest absolute Gasteiger partial charge is 0.330 e. The van der Waals surface area contributed by atoms with E-state index in [1.807, 2.05) is 61.5 Å². The molecule has 9 heteroatoms. The minimum Gasteiger partial charge on any atom is -0.489 e. The maximum absolute atomic E-state index is 12.9. The van der Waals surface area contributed by atoms with Gasteiger partial charge in [-0.15, -0.1) is 0 Å². The van der Waals surface area contributed by atoms with Crippen molar-refractivity contribution < 1.29 is 33.7 Å². The number of aliphatic hydroxyl groups is 1. The predicted octanol–water partition coefficient (Wildman–Crippen LogP) is 2.88. The van der Waals surface area contributed by atoms with E-state index >= 15 is 0 Å². The number of rotatable bonds is 11.